The maximum absolute atomic E-state index is 12.2. The number of nitro benzene ring substituents is 1. The van der Waals surface area contributed by atoms with Crippen molar-refractivity contribution >= 4 is 11.6 Å². The summed E-state index contributed by atoms with van der Waals surface area (Å²) < 4.78 is 0. The maximum Gasteiger partial charge on any atom is 0.269 e. The van der Waals surface area contributed by atoms with Crippen LogP contribution in [0.4, 0.5) is 5.69 Å². The first-order valence-corrected chi connectivity index (χ1v) is 7.01. The van der Waals surface area contributed by atoms with Gasteiger partial charge in [-0.3, -0.25) is 14.9 Å². The van der Waals surface area contributed by atoms with E-state index in [1.165, 1.54) is 24.3 Å². The molecule has 114 valence electrons. The van der Waals surface area contributed by atoms with Crippen LogP contribution >= 0.6 is 0 Å². The second kappa shape index (κ2) is 6.39. The first-order valence-electron chi connectivity index (χ1n) is 7.01. The van der Waals surface area contributed by atoms with Crippen LogP contribution < -0.4 is 5.32 Å². The summed E-state index contributed by atoms with van der Waals surface area (Å²) >= 11 is 0. The minimum Gasteiger partial charge on any atom is -0.346 e. The monoisotopic (exact) mass is 298 g/mol. The zero-order chi connectivity index (χ0) is 16.3. The third kappa shape index (κ3) is 3.49. The van der Waals surface area contributed by atoms with Gasteiger partial charge < -0.3 is 5.32 Å². The third-order valence-corrected chi connectivity index (χ3v) is 3.59. The van der Waals surface area contributed by atoms with Crippen LogP contribution in [0.5, 0.6) is 0 Å². The first kappa shape index (κ1) is 15.7. The fraction of sp³-hybridized carbons (Fsp3) is 0.235. The molecular weight excluding hydrogens is 280 g/mol. The molecule has 22 heavy (non-hydrogen) atoms. The summed E-state index contributed by atoms with van der Waals surface area (Å²) in [6, 6.07) is 11.6. The molecule has 0 saturated heterocycles. The Kier molecular flexibility index (Phi) is 4.56. The molecule has 0 aliphatic rings. The number of aryl methyl sites for hydroxylation is 2. The molecule has 0 radical (unpaired) electrons. The van der Waals surface area contributed by atoms with E-state index in [0.717, 1.165) is 16.7 Å². The van der Waals surface area contributed by atoms with Crippen LogP contribution in [0.25, 0.3) is 0 Å². The molecule has 0 spiro atoms. The van der Waals surface area contributed by atoms with Crippen molar-refractivity contribution < 1.29 is 9.72 Å². The molecule has 0 aliphatic carbocycles. The number of carbonyl (C=O) groups excluding carboxylic acids is 1. The van der Waals surface area contributed by atoms with Gasteiger partial charge in [0, 0.05) is 17.7 Å². The number of hydrogen-bond donors (Lipinski definition) is 1. The highest BCUT2D eigenvalue weighted by Gasteiger charge is 2.14. The molecule has 1 amide bonds. The minimum absolute atomic E-state index is 0.0286. The molecule has 2 rings (SSSR count). The van der Waals surface area contributed by atoms with Gasteiger partial charge in [-0.05, 0) is 44.0 Å². The Labute approximate surface area is 129 Å². The maximum atomic E-state index is 12.2. The fourth-order valence-corrected chi connectivity index (χ4v) is 2.32. The third-order valence-electron chi connectivity index (χ3n) is 3.59. The number of nitrogens with one attached hydrogen (secondary N) is 1. The van der Waals surface area contributed by atoms with Gasteiger partial charge in [0.25, 0.3) is 11.6 Å². The average molecular weight is 298 g/mol. The Morgan fingerprint density at radius 1 is 1.14 bits per heavy atom. The molecule has 1 unspecified atom stereocenters. The van der Waals surface area contributed by atoms with Gasteiger partial charge in [0.15, 0.2) is 0 Å². The van der Waals surface area contributed by atoms with E-state index in [0.29, 0.717) is 5.56 Å². The Balaban J connectivity index is 2.14. The number of nitrogens with zero attached hydrogens (tertiary/aromatic N) is 1. The number of non-ortho nitro benzene ring substituents is 1. The predicted molar refractivity (Wildman–Crippen MR) is 84.9 cm³/mol. The highest BCUT2D eigenvalue weighted by molar-refractivity contribution is 5.94. The molecule has 0 heterocycles. The lowest BCUT2D eigenvalue weighted by Crippen LogP contribution is -2.27. The first-order chi connectivity index (χ1) is 10.4. The second-order valence-corrected chi connectivity index (χ2v) is 5.36. The molecule has 0 bridgehead atoms. The quantitative estimate of drug-likeness (QED) is 0.691. The van der Waals surface area contributed by atoms with E-state index in [1.54, 1.807) is 0 Å². The summed E-state index contributed by atoms with van der Waals surface area (Å²) in [7, 11) is 0. The van der Waals surface area contributed by atoms with Crippen LogP contribution in [-0.4, -0.2) is 10.8 Å². The molecule has 1 atom stereocenters. The summed E-state index contributed by atoms with van der Waals surface area (Å²) in [5, 5.41) is 13.5. The van der Waals surface area contributed by atoms with Gasteiger partial charge in [0.1, 0.15) is 0 Å². The van der Waals surface area contributed by atoms with Gasteiger partial charge in [-0.2, -0.15) is 0 Å². The van der Waals surface area contributed by atoms with E-state index < -0.39 is 4.92 Å². The minimum atomic E-state index is -0.486. The molecule has 0 saturated carbocycles. The van der Waals surface area contributed by atoms with E-state index in [-0.39, 0.29) is 17.6 Å². The second-order valence-electron chi connectivity index (χ2n) is 5.36. The van der Waals surface area contributed by atoms with E-state index in [2.05, 4.69) is 11.4 Å². The average Bonchev–Trinajstić information content (AvgIpc) is 2.49. The number of hydrogen-bond acceptors (Lipinski definition) is 3. The molecule has 2 aromatic rings. The van der Waals surface area contributed by atoms with Crippen molar-refractivity contribution in [1.29, 1.82) is 0 Å². The highest BCUT2D eigenvalue weighted by Crippen LogP contribution is 2.20. The Morgan fingerprint density at radius 2 is 1.77 bits per heavy atom. The molecule has 1 N–H and O–H groups in total. The number of rotatable bonds is 4. The number of carbonyl (C=O) groups is 1. The van der Waals surface area contributed by atoms with E-state index >= 15 is 0 Å². The normalized spacial score (nSPS) is 11.8. The summed E-state index contributed by atoms with van der Waals surface area (Å²) in [6.07, 6.45) is 0. The van der Waals surface area contributed by atoms with Crippen molar-refractivity contribution in [1.82, 2.24) is 5.32 Å². The summed E-state index contributed by atoms with van der Waals surface area (Å²) in [5.74, 6) is -0.247. The van der Waals surface area contributed by atoms with Gasteiger partial charge in [-0.1, -0.05) is 23.8 Å². The van der Waals surface area contributed by atoms with E-state index in [4.69, 9.17) is 0 Å². The van der Waals surface area contributed by atoms with Gasteiger partial charge in [-0.25, -0.2) is 0 Å². The predicted octanol–water partition coefficient (Wildman–Crippen LogP) is 3.70. The lowest BCUT2D eigenvalue weighted by Gasteiger charge is -2.17. The van der Waals surface area contributed by atoms with Crippen LogP contribution in [0, 0.1) is 24.0 Å². The van der Waals surface area contributed by atoms with Crippen molar-refractivity contribution in [3.05, 3.63) is 74.8 Å². The number of nitro groups is 1. The summed E-state index contributed by atoms with van der Waals surface area (Å²) in [6.45, 7) is 5.93. The SMILES string of the molecule is Cc1ccc(C)c(C(C)NC(=O)c2ccc([N+](=O)[O-])cc2)c1. The van der Waals surface area contributed by atoms with Gasteiger partial charge in [-0.15, -0.1) is 0 Å². The largest absolute Gasteiger partial charge is 0.346 e. The topological polar surface area (TPSA) is 72.2 Å². The van der Waals surface area contributed by atoms with Crippen molar-refractivity contribution in [2.75, 3.05) is 0 Å². The molecule has 5 heteroatoms. The van der Waals surface area contributed by atoms with Crippen molar-refractivity contribution in [2.45, 2.75) is 26.8 Å². The van der Waals surface area contributed by atoms with Crippen molar-refractivity contribution in [3.63, 3.8) is 0 Å². The van der Waals surface area contributed by atoms with Crippen molar-refractivity contribution in [3.8, 4) is 0 Å². The zero-order valence-corrected chi connectivity index (χ0v) is 12.8. The number of amides is 1. The Morgan fingerprint density at radius 3 is 2.36 bits per heavy atom. The standard InChI is InChI=1S/C17H18N2O3/c1-11-4-5-12(2)16(10-11)13(3)18-17(20)14-6-8-15(9-7-14)19(21)22/h4-10,13H,1-3H3,(H,18,20). The molecule has 0 aromatic heterocycles. The molecular formula is C17H18N2O3. The van der Waals surface area contributed by atoms with Crippen LogP contribution in [-0.2, 0) is 0 Å². The van der Waals surface area contributed by atoms with Crippen molar-refractivity contribution in [2.24, 2.45) is 0 Å². The van der Waals surface area contributed by atoms with Crippen LogP contribution in [0.15, 0.2) is 42.5 Å². The van der Waals surface area contributed by atoms with Crippen LogP contribution in [0.1, 0.15) is 40.0 Å². The molecule has 5 nitrogen and oxygen atoms in total. The summed E-state index contributed by atoms with van der Waals surface area (Å²) in [4.78, 5) is 22.4. The van der Waals surface area contributed by atoms with E-state index in [9.17, 15) is 14.9 Å². The molecule has 0 aliphatic heterocycles. The Bertz CT molecular complexity index is 708. The highest BCUT2D eigenvalue weighted by atomic mass is 16.6. The Hall–Kier alpha value is -2.69. The van der Waals surface area contributed by atoms with Gasteiger partial charge in [0.05, 0.1) is 11.0 Å². The summed E-state index contributed by atoms with van der Waals surface area (Å²) in [5.41, 5.74) is 3.69. The smallest absolute Gasteiger partial charge is 0.269 e. The lowest BCUT2D eigenvalue weighted by molar-refractivity contribution is -0.384. The van der Waals surface area contributed by atoms with Gasteiger partial charge >= 0.3 is 0 Å². The number of benzene rings is 2. The fourth-order valence-electron chi connectivity index (χ4n) is 2.32. The zero-order valence-electron chi connectivity index (χ0n) is 12.8. The molecule has 0 fully saturated rings. The van der Waals surface area contributed by atoms with E-state index in [1.807, 2.05) is 32.9 Å². The lowest BCUT2D eigenvalue weighted by atomic mass is 9.99. The van der Waals surface area contributed by atoms with Crippen LogP contribution in [0.3, 0.4) is 0 Å². The van der Waals surface area contributed by atoms with Crippen LogP contribution in [0.2, 0.25) is 0 Å². The van der Waals surface area contributed by atoms with Gasteiger partial charge in [0.2, 0.25) is 0 Å². The molecule has 2 aromatic carbocycles.